The topological polar surface area (TPSA) is 72.9 Å². The van der Waals surface area contributed by atoms with Crippen LogP contribution in [-0.2, 0) is 30.3 Å². The molecular formula is C24H31NO5. The highest BCUT2D eigenvalue weighted by Crippen LogP contribution is 2.37. The van der Waals surface area contributed by atoms with Crippen LogP contribution < -0.4 is 0 Å². The lowest BCUT2D eigenvalue weighted by Gasteiger charge is -2.42. The van der Waals surface area contributed by atoms with Crippen LogP contribution in [0.15, 0.2) is 36.1 Å². The number of piperidine rings is 1. The fourth-order valence-electron chi connectivity index (χ4n) is 4.39. The van der Waals surface area contributed by atoms with Crippen molar-refractivity contribution in [3.63, 3.8) is 0 Å². The maximum atomic E-state index is 13.2. The zero-order valence-electron chi connectivity index (χ0n) is 18.3. The second-order valence-electron chi connectivity index (χ2n) is 8.95. The summed E-state index contributed by atoms with van der Waals surface area (Å²) in [5, 5.41) is 0. The average Bonchev–Trinajstić information content (AvgIpc) is 2.68. The van der Waals surface area contributed by atoms with Gasteiger partial charge in [0, 0.05) is 25.6 Å². The standard InChI is InChI=1S/C24H31NO5/c1-5-29-22(28)24(14-18-10-7-6-9-17(18)2)11-8-12-25(16-24)21(27)20-13-19(26)15-23(3,4)30-20/h6-7,9-10,13H,5,8,11-12,14-16H2,1-4H3. The fraction of sp³-hybridized carbons (Fsp3) is 0.542. The molecule has 2 aliphatic rings. The van der Waals surface area contributed by atoms with Gasteiger partial charge in [0.05, 0.1) is 12.0 Å². The molecule has 0 N–H and O–H groups in total. The highest BCUT2D eigenvalue weighted by molar-refractivity contribution is 6.02. The second-order valence-corrected chi connectivity index (χ2v) is 8.95. The molecule has 0 spiro atoms. The van der Waals surface area contributed by atoms with Crippen molar-refractivity contribution in [3.8, 4) is 0 Å². The van der Waals surface area contributed by atoms with E-state index in [1.807, 2.05) is 31.2 Å². The molecule has 0 radical (unpaired) electrons. The monoisotopic (exact) mass is 413 g/mol. The molecule has 6 heteroatoms. The van der Waals surface area contributed by atoms with E-state index in [1.54, 1.807) is 25.7 Å². The van der Waals surface area contributed by atoms with E-state index in [4.69, 9.17) is 9.47 Å². The molecular weight excluding hydrogens is 382 g/mol. The highest BCUT2D eigenvalue weighted by Gasteiger charge is 2.46. The molecule has 1 atom stereocenters. The van der Waals surface area contributed by atoms with Gasteiger partial charge in [0.15, 0.2) is 11.5 Å². The molecule has 0 aromatic heterocycles. The van der Waals surface area contributed by atoms with Crippen LogP contribution in [-0.4, -0.2) is 47.9 Å². The lowest BCUT2D eigenvalue weighted by atomic mass is 9.74. The van der Waals surface area contributed by atoms with E-state index in [1.165, 1.54) is 6.08 Å². The molecule has 1 unspecified atom stereocenters. The number of ether oxygens (including phenoxy) is 2. The number of likely N-dealkylation sites (tertiary alicyclic amines) is 1. The van der Waals surface area contributed by atoms with Gasteiger partial charge in [-0.3, -0.25) is 14.4 Å². The van der Waals surface area contributed by atoms with E-state index in [9.17, 15) is 14.4 Å². The van der Waals surface area contributed by atoms with E-state index in [2.05, 4.69) is 0 Å². The van der Waals surface area contributed by atoms with Gasteiger partial charge in [-0.1, -0.05) is 24.3 Å². The Morgan fingerprint density at radius 2 is 1.97 bits per heavy atom. The third-order valence-electron chi connectivity index (χ3n) is 5.85. The summed E-state index contributed by atoms with van der Waals surface area (Å²) in [6, 6.07) is 7.97. The first-order chi connectivity index (χ1) is 14.2. The molecule has 0 bridgehead atoms. The molecule has 2 aliphatic heterocycles. The van der Waals surface area contributed by atoms with Crippen molar-refractivity contribution in [2.45, 2.75) is 59.0 Å². The summed E-state index contributed by atoms with van der Waals surface area (Å²) in [4.78, 5) is 40.0. The van der Waals surface area contributed by atoms with Gasteiger partial charge in [0.1, 0.15) is 5.60 Å². The molecule has 1 aromatic carbocycles. The van der Waals surface area contributed by atoms with Crippen LogP contribution in [0.2, 0.25) is 0 Å². The van der Waals surface area contributed by atoms with Crippen LogP contribution in [0.5, 0.6) is 0 Å². The number of amides is 1. The Labute approximate surface area is 178 Å². The van der Waals surface area contributed by atoms with Crippen molar-refractivity contribution in [1.29, 1.82) is 0 Å². The minimum Gasteiger partial charge on any atom is -0.481 e. The van der Waals surface area contributed by atoms with Crippen LogP contribution in [0.3, 0.4) is 0 Å². The Kier molecular flexibility index (Phi) is 6.34. The maximum Gasteiger partial charge on any atom is 0.314 e. The minimum absolute atomic E-state index is 0.0619. The zero-order chi connectivity index (χ0) is 21.9. The average molecular weight is 414 g/mol. The Morgan fingerprint density at radius 3 is 2.63 bits per heavy atom. The van der Waals surface area contributed by atoms with E-state index in [0.29, 0.717) is 32.4 Å². The van der Waals surface area contributed by atoms with Crippen molar-refractivity contribution in [3.05, 3.63) is 47.2 Å². The van der Waals surface area contributed by atoms with E-state index >= 15 is 0 Å². The van der Waals surface area contributed by atoms with Gasteiger partial charge in [-0.05, 0) is 58.1 Å². The smallest absolute Gasteiger partial charge is 0.314 e. The Bertz CT molecular complexity index is 872. The quantitative estimate of drug-likeness (QED) is 0.692. The predicted molar refractivity (Wildman–Crippen MR) is 113 cm³/mol. The summed E-state index contributed by atoms with van der Waals surface area (Å²) in [7, 11) is 0. The number of rotatable bonds is 5. The molecule has 1 saturated heterocycles. The van der Waals surface area contributed by atoms with Crippen molar-refractivity contribution >= 4 is 17.7 Å². The van der Waals surface area contributed by atoms with Gasteiger partial charge in [0.2, 0.25) is 0 Å². The Morgan fingerprint density at radius 1 is 1.23 bits per heavy atom. The minimum atomic E-state index is -0.815. The number of ketones is 1. The molecule has 1 aromatic rings. The van der Waals surface area contributed by atoms with E-state index in [-0.39, 0.29) is 36.4 Å². The molecule has 2 heterocycles. The number of benzene rings is 1. The third kappa shape index (κ3) is 4.74. The number of carbonyl (C=O) groups is 3. The summed E-state index contributed by atoms with van der Waals surface area (Å²) in [5.41, 5.74) is 0.649. The summed E-state index contributed by atoms with van der Waals surface area (Å²) < 4.78 is 11.2. The Hall–Kier alpha value is -2.63. The largest absolute Gasteiger partial charge is 0.481 e. The molecule has 1 fully saturated rings. The number of hydrogen-bond donors (Lipinski definition) is 0. The highest BCUT2D eigenvalue weighted by atomic mass is 16.5. The summed E-state index contributed by atoms with van der Waals surface area (Å²) >= 11 is 0. The van der Waals surface area contributed by atoms with Gasteiger partial charge < -0.3 is 14.4 Å². The van der Waals surface area contributed by atoms with Gasteiger partial charge in [-0.25, -0.2) is 0 Å². The van der Waals surface area contributed by atoms with Gasteiger partial charge in [-0.15, -0.1) is 0 Å². The van der Waals surface area contributed by atoms with Gasteiger partial charge in [0.25, 0.3) is 5.91 Å². The van der Waals surface area contributed by atoms with Crippen LogP contribution in [0, 0.1) is 12.3 Å². The van der Waals surface area contributed by atoms with Crippen LogP contribution in [0.25, 0.3) is 0 Å². The van der Waals surface area contributed by atoms with Gasteiger partial charge >= 0.3 is 5.97 Å². The number of allylic oxidation sites excluding steroid dienone is 1. The molecule has 3 rings (SSSR count). The van der Waals surface area contributed by atoms with Crippen molar-refractivity contribution in [2.75, 3.05) is 19.7 Å². The SMILES string of the molecule is CCOC(=O)C1(Cc2ccccc2C)CCCN(C(=O)C2=CC(=O)CC(C)(C)O2)C1. The first-order valence-corrected chi connectivity index (χ1v) is 10.6. The number of carbonyl (C=O) groups excluding carboxylic acids is 3. The summed E-state index contributed by atoms with van der Waals surface area (Å²) in [6.07, 6.45) is 3.36. The number of hydrogen-bond acceptors (Lipinski definition) is 5. The molecule has 30 heavy (non-hydrogen) atoms. The Balaban J connectivity index is 1.88. The van der Waals surface area contributed by atoms with Crippen LogP contribution in [0.1, 0.15) is 51.2 Å². The van der Waals surface area contributed by atoms with Crippen molar-refractivity contribution in [2.24, 2.45) is 5.41 Å². The first-order valence-electron chi connectivity index (χ1n) is 10.6. The first kappa shape index (κ1) is 22.1. The normalized spacial score (nSPS) is 23.4. The number of aryl methyl sites for hydroxylation is 1. The summed E-state index contributed by atoms with van der Waals surface area (Å²) in [6.45, 7) is 8.45. The fourth-order valence-corrected chi connectivity index (χ4v) is 4.39. The van der Waals surface area contributed by atoms with Crippen LogP contribution in [0.4, 0.5) is 0 Å². The molecule has 1 amide bonds. The van der Waals surface area contributed by atoms with Crippen LogP contribution >= 0.6 is 0 Å². The zero-order valence-corrected chi connectivity index (χ0v) is 18.3. The second kappa shape index (κ2) is 8.62. The maximum absolute atomic E-state index is 13.2. The molecule has 0 saturated carbocycles. The molecule has 6 nitrogen and oxygen atoms in total. The van der Waals surface area contributed by atoms with E-state index < -0.39 is 11.0 Å². The third-order valence-corrected chi connectivity index (χ3v) is 5.85. The lowest BCUT2D eigenvalue weighted by molar-refractivity contribution is -0.161. The van der Waals surface area contributed by atoms with E-state index in [0.717, 1.165) is 11.1 Å². The van der Waals surface area contributed by atoms with Crippen molar-refractivity contribution in [1.82, 2.24) is 4.90 Å². The lowest BCUT2D eigenvalue weighted by Crippen LogP contribution is -2.52. The number of nitrogens with zero attached hydrogens (tertiary/aromatic N) is 1. The van der Waals surface area contributed by atoms with Gasteiger partial charge in [-0.2, -0.15) is 0 Å². The number of esters is 1. The predicted octanol–water partition coefficient (Wildman–Crippen LogP) is 3.36. The summed E-state index contributed by atoms with van der Waals surface area (Å²) in [5.74, 6) is -0.676. The van der Waals surface area contributed by atoms with Crippen molar-refractivity contribution < 1.29 is 23.9 Å². The molecule has 162 valence electrons. The molecule has 0 aliphatic carbocycles.